The number of Topliss-reactive ketones (excluding diaryl/α,β-unsaturated/α-hetero) is 1. The van der Waals surface area contributed by atoms with Gasteiger partial charge in [0.1, 0.15) is 5.78 Å². The highest BCUT2D eigenvalue weighted by atomic mass is 16.3. The van der Waals surface area contributed by atoms with E-state index in [0.29, 0.717) is 18.1 Å². The Morgan fingerprint density at radius 3 is 2.53 bits per heavy atom. The molecular formula is C15H22O2. The Bertz CT molecular complexity index is 409. The first-order chi connectivity index (χ1) is 7.76. The van der Waals surface area contributed by atoms with E-state index < -0.39 is 6.10 Å². The van der Waals surface area contributed by atoms with Gasteiger partial charge in [-0.2, -0.15) is 0 Å². The molecule has 0 spiro atoms. The first kappa shape index (κ1) is 11.5. The lowest BCUT2D eigenvalue weighted by Gasteiger charge is -2.28. The predicted molar refractivity (Wildman–Crippen MR) is 66.4 cm³/mol. The van der Waals surface area contributed by atoms with Crippen molar-refractivity contribution in [3.05, 3.63) is 12.2 Å². The summed E-state index contributed by atoms with van der Waals surface area (Å²) in [5.74, 6) is 1.30. The minimum atomic E-state index is -0.460. The van der Waals surface area contributed by atoms with Crippen molar-refractivity contribution in [1.82, 2.24) is 0 Å². The number of hydrogen-bond acceptors (Lipinski definition) is 2. The van der Waals surface area contributed by atoms with Crippen LogP contribution >= 0.6 is 0 Å². The average molecular weight is 234 g/mol. The highest BCUT2D eigenvalue weighted by Crippen LogP contribution is 2.65. The van der Waals surface area contributed by atoms with Crippen LogP contribution in [0, 0.1) is 28.6 Å². The fourth-order valence-electron chi connectivity index (χ4n) is 4.95. The lowest BCUT2D eigenvalue weighted by Crippen LogP contribution is -2.29. The molecule has 0 bridgehead atoms. The van der Waals surface area contributed by atoms with E-state index in [1.807, 2.05) is 6.92 Å². The van der Waals surface area contributed by atoms with E-state index in [1.165, 1.54) is 0 Å². The van der Waals surface area contributed by atoms with Crippen molar-refractivity contribution in [1.29, 1.82) is 0 Å². The smallest absolute Gasteiger partial charge is 0.142 e. The number of hydrogen-bond donors (Lipinski definition) is 1. The maximum Gasteiger partial charge on any atom is 0.142 e. The fraction of sp³-hybridized carbons (Fsp3) is 0.800. The minimum absolute atomic E-state index is 0.226. The second-order valence-corrected chi connectivity index (χ2v) is 7.40. The van der Waals surface area contributed by atoms with Gasteiger partial charge in [0.25, 0.3) is 0 Å². The average Bonchev–Trinajstić information content (AvgIpc) is 2.68. The number of carbonyl (C=O) groups is 1. The van der Waals surface area contributed by atoms with Gasteiger partial charge in [-0.1, -0.05) is 27.4 Å². The number of rotatable bonds is 0. The third-order valence-corrected chi connectivity index (χ3v) is 5.54. The second-order valence-electron chi connectivity index (χ2n) is 7.40. The van der Waals surface area contributed by atoms with Crippen LogP contribution in [0.15, 0.2) is 12.2 Å². The molecule has 0 heterocycles. The number of aliphatic hydroxyl groups is 1. The summed E-state index contributed by atoms with van der Waals surface area (Å²) >= 11 is 0. The van der Waals surface area contributed by atoms with Crippen molar-refractivity contribution in [2.45, 2.75) is 46.1 Å². The first-order valence-electron chi connectivity index (χ1n) is 6.67. The Balaban J connectivity index is 2.02. The molecule has 1 N–H and O–H groups in total. The van der Waals surface area contributed by atoms with Crippen LogP contribution in [0.4, 0.5) is 0 Å². The molecule has 3 rings (SSSR count). The molecule has 3 aliphatic carbocycles. The van der Waals surface area contributed by atoms with Gasteiger partial charge in [0.05, 0.1) is 6.10 Å². The molecule has 3 fully saturated rings. The molecule has 1 unspecified atom stereocenters. The van der Waals surface area contributed by atoms with Crippen molar-refractivity contribution in [3.8, 4) is 0 Å². The zero-order valence-corrected chi connectivity index (χ0v) is 11.0. The van der Waals surface area contributed by atoms with Gasteiger partial charge in [0, 0.05) is 11.3 Å². The summed E-state index contributed by atoms with van der Waals surface area (Å²) in [7, 11) is 0. The molecular weight excluding hydrogens is 212 g/mol. The summed E-state index contributed by atoms with van der Waals surface area (Å²) in [6.07, 6.45) is 2.27. The lowest BCUT2D eigenvalue weighted by atomic mass is 9.74. The molecule has 94 valence electrons. The lowest BCUT2D eigenvalue weighted by molar-refractivity contribution is -0.129. The van der Waals surface area contributed by atoms with E-state index in [9.17, 15) is 9.90 Å². The third kappa shape index (κ3) is 1.28. The van der Waals surface area contributed by atoms with Gasteiger partial charge < -0.3 is 5.11 Å². The summed E-state index contributed by atoms with van der Waals surface area (Å²) < 4.78 is 0. The van der Waals surface area contributed by atoms with Crippen molar-refractivity contribution >= 4 is 5.78 Å². The monoisotopic (exact) mass is 234 g/mol. The quantitative estimate of drug-likeness (QED) is 0.654. The highest BCUT2D eigenvalue weighted by molar-refractivity contribution is 5.91. The fourth-order valence-corrected chi connectivity index (χ4v) is 4.95. The van der Waals surface area contributed by atoms with Gasteiger partial charge in [-0.3, -0.25) is 4.79 Å². The summed E-state index contributed by atoms with van der Waals surface area (Å²) in [6.45, 7) is 10.6. The van der Waals surface area contributed by atoms with Crippen LogP contribution in [0.3, 0.4) is 0 Å². The van der Waals surface area contributed by atoms with E-state index in [2.05, 4.69) is 20.4 Å². The maximum absolute atomic E-state index is 12.6. The molecule has 0 saturated heterocycles. The van der Waals surface area contributed by atoms with Crippen LogP contribution < -0.4 is 0 Å². The molecule has 17 heavy (non-hydrogen) atoms. The molecule has 2 nitrogen and oxygen atoms in total. The number of fused-ring (bicyclic) bond motifs is 3. The molecule has 0 radical (unpaired) electrons. The SMILES string of the molecule is C=C1C(O)C[C@]2(C)C(=O)[C@H]3CC(C)(C)C[C@H]3[C@H]12. The molecule has 2 heteroatoms. The van der Waals surface area contributed by atoms with Crippen LogP contribution in [0.2, 0.25) is 0 Å². The molecule has 0 aromatic heterocycles. The van der Waals surface area contributed by atoms with E-state index in [4.69, 9.17) is 0 Å². The van der Waals surface area contributed by atoms with Crippen LogP contribution in [0.5, 0.6) is 0 Å². The molecule has 3 aliphatic rings. The minimum Gasteiger partial charge on any atom is -0.389 e. The number of carbonyl (C=O) groups excluding carboxylic acids is 1. The topological polar surface area (TPSA) is 37.3 Å². The molecule has 0 aliphatic heterocycles. The zero-order chi connectivity index (χ0) is 12.6. The van der Waals surface area contributed by atoms with Gasteiger partial charge in [0.15, 0.2) is 0 Å². The van der Waals surface area contributed by atoms with Crippen LogP contribution in [-0.4, -0.2) is 17.0 Å². The standard InChI is InChI=1S/C15H22O2/c1-8-11(16)7-15(4)12(8)9-5-14(2,3)6-10(9)13(15)17/h9-12,16H,1,5-7H2,2-4H3/t9-,10+,11?,12+,15+/m1/s1. The number of ketones is 1. The molecule has 3 saturated carbocycles. The number of aliphatic hydroxyl groups excluding tert-OH is 1. The van der Waals surface area contributed by atoms with Gasteiger partial charge in [0.2, 0.25) is 0 Å². The zero-order valence-electron chi connectivity index (χ0n) is 11.0. The third-order valence-electron chi connectivity index (χ3n) is 5.54. The van der Waals surface area contributed by atoms with Crippen molar-refractivity contribution < 1.29 is 9.90 Å². The Kier molecular flexibility index (Phi) is 2.04. The van der Waals surface area contributed by atoms with Crippen molar-refractivity contribution in [2.75, 3.05) is 0 Å². The van der Waals surface area contributed by atoms with Crippen molar-refractivity contribution in [3.63, 3.8) is 0 Å². The Hall–Kier alpha value is -0.630. The van der Waals surface area contributed by atoms with Gasteiger partial charge in [-0.15, -0.1) is 0 Å². The van der Waals surface area contributed by atoms with Crippen molar-refractivity contribution in [2.24, 2.45) is 28.6 Å². The van der Waals surface area contributed by atoms with E-state index >= 15 is 0 Å². The van der Waals surface area contributed by atoms with Crippen LogP contribution in [0.25, 0.3) is 0 Å². The van der Waals surface area contributed by atoms with E-state index in [1.54, 1.807) is 0 Å². The second kappa shape index (κ2) is 3.03. The van der Waals surface area contributed by atoms with E-state index in [0.717, 1.165) is 18.4 Å². The summed E-state index contributed by atoms with van der Waals surface area (Å²) in [5.41, 5.74) is 0.883. The van der Waals surface area contributed by atoms with E-state index in [-0.39, 0.29) is 22.7 Å². The summed E-state index contributed by atoms with van der Waals surface area (Å²) in [6, 6.07) is 0. The van der Waals surface area contributed by atoms with Crippen LogP contribution in [-0.2, 0) is 4.79 Å². The molecule has 0 aromatic carbocycles. The molecule has 0 aromatic rings. The Labute approximate surface area is 103 Å². The normalized spacial score (nSPS) is 51.8. The molecule has 0 amide bonds. The van der Waals surface area contributed by atoms with Gasteiger partial charge in [-0.25, -0.2) is 0 Å². The summed E-state index contributed by atoms with van der Waals surface area (Å²) in [4.78, 5) is 12.6. The first-order valence-corrected chi connectivity index (χ1v) is 6.67. The van der Waals surface area contributed by atoms with Gasteiger partial charge in [-0.05, 0) is 42.1 Å². The van der Waals surface area contributed by atoms with Gasteiger partial charge >= 0.3 is 0 Å². The predicted octanol–water partition coefficient (Wildman–Crippen LogP) is 2.56. The highest BCUT2D eigenvalue weighted by Gasteiger charge is 2.65. The molecule has 5 atom stereocenters. The maximum atomic E-state index is 12.6. The Morgan fingerprint density at radius 1 is 1.24 bits per heavy atom. The van der Waals surface area contributed by atoms with Crippen LogP contribution in [0.1, 0.15) is 40.0 Å². The summed E-state index contributed by atoms with van der Waals surface area (Å²) in [5, 5.41) is 9.98. The Morgan fingerprint density at radius 2 is 1.88 bits per heavy atom. The largest absolute Gasteiger partial charge is 0.389 e.